The summed E-state index contributed by atoms with van der Waals surface area (Å²) in [6, 6.07) is 86.2. The van der Waals surface area contributed by atoms with Crippen LogP contribution in [0.15, 0.2) is 249 Å². The van der Waals surface area contributed by atoms with Crippen molar-refractivity contribution in [3.8, 4) is 0 Å². The number of para-hydroxylation sites is 1. The Bertz CT molecular complexity index is 3990. The van der Waals surface area contributed by atoms with Crippen LogP contribution in [0.5, 0.6) is 0 Å². The number of Topliss-reactive ketones (excluding diaryl/α,β-unsaturated/α-hetero) is 2. The van der Waals surface area contributed by atoms with Gasteiger partial charge < -0.3 is 14.7 Å². The molecule has 10 aromatic carbocycles. The number of anilines is 9. The molecule has 10 rings (SSSR count). The van der Waals surface area contributed by atoms with E-state index in [1.54, 1.807) is 0 Å². The first kappa shape index (κ1) is 74.4. The summed E-state index contributed by atoms with van der Waals surface area (Å²) >= 11 is 0. The molecule has 0 aromatic heterocycles. The summed E-state index contributed by atoms with van der Waals surface area (Å²) in [5, 5.41) is 0. The van der Waals surface area contributed by atoms with Crippen LogP contribution in [0.1, 0.15) is 244 Å². The van der Waals surface area contributed by atoms with Gasteiger partial charge in [0.25, 0.3) is 0 Å². The molecule has 508 valence electrons. The van der Waals surface area contributed by atoms with E-state index in [4.69, 9.17) is 0 Å². The lowest BCUT2D eigenvalue weighted by molar-refractivity contribution is 0.0972. The lowest BCUT2D eigenvalue weighted by atomic mass is 9.86. The van der Waals surface area contributed by atoms with E-state index in [9.17, 15) is 14.4 Å². The Morgan fingerprint density at radius 3 is 0.714 bits per heavy atom. The Morgan fingerprint density at radius 2 is 0.480 bits per heavy atom. The van der Waals surface area contributed by atoms with Crippen molar-refractivity contribution in [3.05, 3.63) is 304 Å². The Kier molecular flexibility index (Phi) is 25.6. The van der Waals surface area contributed by atoms with Gasteiger partial charge in [-0.2, -0.15) is 0 Å². The normalized spacial score (nSPS) is 11.6. The number of nitrogens with zero attached hydrogens (tertiary/aromatic N) is 3. The maximum Gasteiger partial charge on any atom is 0.193 e. The predicted molar refractivity (Wildman–Crippen MR) is 419 cm³/mol. The zero-order valence-corrected chi connectivity index (χ0v) is 61.7. The van der Waals surface area contributed by atoms with E-state index in [0.29, 0.717) is 41.7 Å². The minimum atomic E-state index is 0.0413. The molecule has 0 spiro atoms. The van der Waals surface area contributed by atoms with Crippen LogP contribution in [0.4, 0.5) is 51.2 Å². The molecular weight excluding hydrogens is 1200 g/mol. The largest absolute Gasteiger partial charge is 0.311 e. The standard InChI is InChI=1S/C32H33NO.C31H37NO2.C29H37N/c1-23(2)24-13-19-29(20-14-24)33(28-9-7-6-8-10-28)30-21-15-26(16-22-30)31(34)25-11-17-27(18-12-25)32(3,4)5;1-5-7-9-30(33)25-13-19-28(20-14-25)32(27-17-11-24(12-18-27)23(3)4)29-21-15-26(16-22-29)31(34)10-8-6-2;1-21(2)22-9-15-25(16-10-22)30(26-17-11-23(12-18-26)28(3,4)5)27-19-13-24(14-20-27)29(6,7)8/h6-23H,1-5H3;11-23H,5-10H2,1-4H3;9-21H,1-8H3. The van der Waals surface area contributed by atoms with Gasteiger partial charge in [0.05, 0.1) is 0 Å². The van der Waals surface area contributed by atoms with Gasteiger partial charge in [-0.3, -0.25) is 14.4 Å². The van der Waals surface area contributed by atoms with Crippen LogP contribution in [0.2, 0.25) is 0 Å². The Morgan fingerprint density at radius 1 is 0.276 bits per heavy atom. The molecule has 6 heteroatoms. The minimum Gasteiger partial charge on any atom is -0.311 e. The van der Waals surface area contributed by atoms with Crippen LogP contribution in [0, 0.1) is 0 Å². The SMILES string of the molecule is CC(C)c1ccc(N(c2ccc(C(C)(C)C)cc2)c2ccc(C(C)(C)C)cc2)cc1.CC(C)c1ccc(N(c2ccccc2)c2ccc(C(=O)c3ccc(C(C)(C)C)cc3)cc2)cc1.CCCCC(=O)c1ccc(N(c2ccc(C(=O)CCCC)cc2)c2ccc(C(C)C)cc2)cc1. The zero-order chi connectivity index (χ0) is 70.9. The van der Waals surface area contributed by atoms with E-state index in [1.807, 2.05) is 103 Å². The van der Waals surface area contributed by atoms with E-state index in [0.717, 1.165) is 70.9 Å². The Balaban J connectivity index is 0.000000188. The number of rotatable bonds is 22. The maximum atomic E-state index is 13.1. The maximum absolute atomic E-state index is 13.1. The van der Waals surface area contributed by atoms with Crippen LogP contribution in [-0.2, 0) is 16.2 Å². The molecule has 98 heavy (non-hydrogen) atoms. The van der Waals surface area contributed by atoms with Gasteiger partial charge in [0.15, 0.2) is 17.3 Å². The molecule has 0 aliphatic carbocycles. The third-order valence-electron chi connectivity index (χ3n) is 18.3. The quantitative estimate of drug-likeness (QED) is 0.0630. The zero-order valence-electron chi connectivity index (χ0n) is 61.7. The Labute approximate surface area is 588 Å². The van der Waals surface area contributed by atoms with Crippen molar-refractivity contribution in [1.29, 1.82) is 0 Å². The molecule has 10 aromatic rings. The second-order valence-corrected chi connectivity index (χ2v) is 30.0. The number of carbonyl (C=O) groups is 3. The molecule has 0 unspecified atom stereocenters. The number of unbranched alkanes of at least 4 members (excludes halogenated alkanes) is 2. The highest BCUT2D eigenvalue weighted by Crippen LogP contribution is 2.40. The summed E-state index contributed by atoms with van der Waals surface area (Å²) in [6.45, 7) is 37.6. The fourth-order valence-electron chi connectivity index (χ4n) is 11.8. The van der Waals surface area contributed by atoms with Crippen molar-refractivity contribution < 1.29 is 14.4 Å². The van der Waals surface area contributed by atoms with Gasteiger partial charge in [0.1, 0.15) is 0 Å². The van der Waals surface area contributed by atoms with E-state index in [-0.39, 0.29) is 33.6 Å². The van der Waals surface area contributed by atoms with Crippen LogP contribution < -0.4 is 14.7 Å². The average Bonchev–Trinajstić information content (AvgIpc) is 0.812. The van der Waals surface area contributed by atoms with Gasteiger partial charge in [-0.1, -0.05) is 234 Å². The molecule has 0 saturated carbocycles. The number of benzene rings is 10. The van der Waals surface area contributed by atoms with Crippen LogP contribution >= 0.6 is 0 Å². The molecule has 0 saturated heterocycles. The first-order valence-electron chi connectivity index (χ1n) is 35.6. The smallest absolute Gasteiger partial charge is 0.193 e. The van der Waals surface area contributed by atoms with Crippen molar-refractivity contribution in [3.63, 3.8) is 0 Å². The molecule has 0 N–H and O–H groups in total. The molecule has 0 radical (unpaired) electrons. The van der Waals surface area contributed by atoms with Crippen molar-refractivity contribution in [2.45, 2.75) is 190 Å². The molecule has 0 heterocycles. The van der Waals surface area contributed by atoms with Crippen LogP contribution in [-0.4, -0.2) is 17.3 Å². The van der Waals surface area contributed by atoms with E-state index in [2.05, 4.69) is 278 Å². The number of ketones is 3. The number of carbonyl (C=O) groups excluding carboxylic acids is 3. The summed E-state index contributed by atoms with van der Waals surface area (Å²) in [4.78, 5) is 44.8. The highest BCUT2D eigenvalue weighted by Gasteiger charge is 2.22. The summed E-state index contributed by atoms with van der Waals surface area (Å²) in [5.74, 6) is 1.91. The Hall–Kier alpha value is -9.39. The summed E-state index contributed by atoms with van der Waals surface area (Å²) in [7, 11) is 0. The third kappa shape index (κ3) is 19.9. The first-order chi connectivity index (χ1) is 46.6. The molecule has 0 amide bonds. The number of hydrogen-bond donors (Lipinski definition) is 0. The van der Waals surface area contributed by atoms with Gasteiger partial charge >= 0.3 is 0 Å². The summed E-state index contributed by atoms with van der Waals surface area (Å²) < 4.78 is 0. The first-order valence-corrected chi connectivity index (χ1v) is 35.6. The van der Waals surface area contributed by atoms with Crippen molar-refractivity contribution in [1.82, 2.24) is 0 Å². The summed E-state index contributed by atoms with van der Waals surface area (Å²) in [6.07, 6.45) is 5.03. The highest BCUT2D eigenvalue weighted by molar-refractivity contribution is 6.09. The van der Waals surface area contributed by atoms with Crippen molar-refractivity contribution in [2.75, 3.05) is 14.7 Å². The fraction of sp³-hybridized carbons (Fsp3) is 0.315. The van der Waals surface area contributed by atoms with Gasteiger partial charge in [0.2, 0.25) is 0 Å². The monoisotopic (exact) mass is 1300 g/mol. The second kappa shape index (κ2) is 33.7. The van der Waals surface area contributed by atoms with Crippen molar-refractivity contribution in [2.24, 2.45) is 0 Å². The van der Waals surface area contributed by atoms with Gasteiger partial charge in [0, 0.05) is 86.3 Å². The highest BCUT2D eigenvalue weighted by atomic mass is 16.1. The van der Waals surface area contributed by atoms with Gasteiger partial charge in [-0.25, -0.2) is 0 Å². The summed E-state index contributed by atoms with van der Waals surface area (Å²) in [5.41, 5.74) is 20.9. The lowest BCUT2D eigenvalue weighted by Gasteiger charge is -2.28. The third-order valence-corrected chi connectivity index (χ3v) is 18.3. The van der Waals surface area contributed by atoms with Crippen molar-refractivity contribution >= 4 is 68.5 Å². The van der Waals surface area contributed by atoms with E-state index < -0.39 is 0 Å². The topological polar surface area (TPSA) is 60.9 Å². The van der Waals surface area contributed by atoms with Crippen LogP contribution in [0.25, 0.3) is 0 Å². The molecule has 0 aliphatic heterocycles. The average molecular weight is 1300 g/mol. The predicted octanol–water partition coefficient (Wildman–Crippen LogP) is 26.7. The number of hydrogen-bond acceptors (Lipinski definition) is 6. The second-order valence-electron chi connectivity index (χ2n) is 30.0. The lowest BCUT2D eigenvalue weighted by Crippen LogP contribution is -2.14. The molecule has 0 fully saturated rings. The molecule has 0 aliphatic rings. The molecular formula is C92H107N3O3. The van der Waals surface area contributed by atoms with E-state index >= 15 is 0 Å². The van der Waals surface area contributed by atoms with Gasteiger partial charge in [-0.05, 0) is 226 Å². The fourth-order valence-corrected chi connectivity index (χ4v) is 11.8. The molecule has 6 nitrogen and oxygen atoms in total. The molecule has 0 bridgehead atoms. The van der Waals surface area contributed by atoms with Crippen LogP contribution in [0.3, 0.4) is 0 Å². The molecule has 0 atom stereocenters. The van der Waals surface area contributed by atoms with E-state index in [1.165, 1.54) is 50.4 Å². The minimum absolute atomic E-state index is 0.0413. The van der Waals surface area contributed by atoms with Gasteiger partial charge in [-0.15, -0.1) is 0 Å².